The first-order chi connectivity index (χ1) is 13.2. The van der Waals surface area contributed by atoms with E-state index in [-0.39, 0.29) is 23.7 Å². The fourth-order valence-electron chi connectivity index (χ4n) is 4.05. The Morgan fingerprint density at radius 2 is 1.71 bits per heavy atom. The predicted octanol–water partition coefficient (Wildman–Crippen LogP) is 4.11. The van der Waals surface area contributed by atoms with Gasteiger partial charge in [-0.3, -0.25) is 4.79 Å². The lowest BCUT2D eigenvalue weighted by Gasteiger charge is -2.34. The van der Waals surface area contributed by atoms with E-state index in [9.17, 15) is 14.0 Å². The number of likely N-dealkylation sites (tertiary alicyclic amines) is 2. The first kappa shape index (κ1) is 20.6. The van der Waals surface area contributed by atoms with E-state index >= 15 is 0 Å². The first-order valence-electron chi connectivity index (χ1n) is 10.3. The molecular weight excluding hydrogens is 359 g/mol. The minimum Gasteiger partial charge on any atom is -0.444 e. The number of rotatable bonds is 3. The quantitative estimate of drug-likeness (QED) is 0.781. The predicted molar refractivity (Wildman–Crippen MR) is 106 cm³/mol. The lowest BCUT2D eigenvalue weighted by atomic mass is 9.85. The number of halogens is 1. The van der Waals surface area contributed by atoms with Crippen molar-refractivity contribution in [3.63, 3.8) is 0 Å². The third kappa shape index (κ3) is 5.24. The van der Waals surface area contributed by atoms with E-state index < -0.39 is 5.60 Å². The smallest absolute Gasteiger partial charge is 0.410 e. The van der Waals surface area contributed by atoms with Crippen molar-refractivity contribution >= 4 is 12.0 Å². The van der Waals surface area contributed by atoms with E-state index in [2.05, 4.69) is 0 Å². The van der Waals surface area contributed by atoms with Crippen LogP contribution in [0.15, 0.2) is 18.2 Å². The maximum absolute atomic E-state index is 14.0. The largest absolute Gasteiger partial charge is 0.444 e. The lowest BCUT2D eigenvalue weighted by molar-refractivity contribution is -0.129. The molecule has 154 valence electrons. The van der Waals surface area contributed by atoms with Crippen LogP contribution in [0.1, 0.15) is 63.5 Å². The van der Waals surface area contributed by atoms with Gasteiger partial charge in [0.05, 0.1) is 6.42 Å². The van der Waals surface area contributed by atoms with Crippen LogP contribution in [0, 0.1) is 5.82 Å². The van der Waals surface area contributed by atoms with Gasteiger partial charge < -0.3 is 14.5 Å². The summed E-state index contributed by atoms with van der Waals surface area (Å²) in [5.41, 5.74) is 1.31. The van der Waals surface area contributed by atoms with E-state index in [0.717, 1.165) is 49.9 Å². The van der Waals surface area contributed by atoms with Crippen LogP contribution in [0.25, 0.3) is 0 Å². The summed E-state index contributed by atoms with van der Waals surface area (Å²) in [7, 11) is 0. The first-order valence-corrected chi connectivity index (χ1v) is 10.3. The van der Waals surface area contributed by atoms with Crippen molar-refractivity contribution in [2.24, 2.45) is 0 Å². The number of nitrogens with zero attached hydrogens (tertiary/aromatic N) is 2. The molecule has 3 rings (SSSR count). The molecule has 0 N–H and O–H groups in total. The SMILES string of the molecule is CC(C)(C)OC(=O)N1CCC(c2cc(F)ccc2CC(=O)N2CCCC2)CC1. The van der Waals surface area contributed by atoms with Gasteiger partial charge in [-0.15, -0.1) is 0 Å². The van der Waals surface area contributed by atoms with Gasteiger partial charge in [-0.1, -0.05) is 6.07 Å². The van der Waals surface area contributed by atoms with Gasteiger partial charge in [0.25, 0.3) is 0 Å². The number of hydrogen-bond donors (Lipinski definition) is 0. The Kier molecular flexibility index (Phi) is 6.26. The van der Waals surface area contributed by atoms with Crippen LogP contribution in [0.2, 0.25) is 0 Å². The van der Waals surface area contributed by atoms with Crippen LogP contribution in [-0.4, -0.2) is 53.6 Å². The summed E-state index contributed by atoms with van der Waals surface area (Å²) in [6.45, 7) is 8.37. The van der Waals surface area contributed by atoms with Crippen molar-refractivity contribution in [3.8, 4) is 0 Å². The van der Waals surface area contributed by atoms with E-state index in [1.807, 2.05) is 25.7 Å². The number of piperidine rings is 1. The average molecular weight is 390 g/mol. The molecule has 2 heterocycles. The summed E-state index contributed by atoms with van der Waals surface area (Å²) in [4.78, 5) is 28.5. The van der Waals surface area contributed by atoms with Gasteiger partial charge in [0, 0.05) is 26.2 Å². The standard InChI is InChI=1S/C22H31FN2O3/c1-22(2,3)28-21(27)25-12-8-16(9-13-25)19-15-18(23)7-6-17(19)14-20(26)24-10-4-5-11-24/h6-7,15-16H,4-5,8-14H2,1-3H3. The molecule has 0 aliphatic carbocycles. The number of benzene rings is 1. The molecule has 6 heteroatoms. The Bertz CT molecular complexity index is 715. The summed E-state index contributed by atoms with van der Waals surface area (Å²) in [5.74, 6) is -0.00532. The van der Waals surface area contributed by atoms with Gasteiger partial charge in [0.15, 0.2) is 0 Å². The molecule has 0 spiro atoms. The van der Waals surface area contributed by atoms with Gasteiger partial charge in [0.1, 0.15) is 11.4 Å². The normalized spacial score (nSPS) is 18.4. The molecule has 5 nitrogen and oxygen atoms in total. The van der Waals surface area contributed by atoms with E-state index in [4.69, 9.17) is 4.74 Å². The summed E-state index contributed by atoms with van der Waals surface area (Å²) in [6, 6.07) is 4.76. The molecule has 2 aliphatic rings. The second-order valence-corrected chi connectivity index (χ2v) is 8.85. The van der Waals surface area contributed by atoms with Gasteiger partial charge >= 0.3 is 6.09 Å². The summed E-state index contributed by atoms with van der Waals surface area (Å²) < 4.78 is 19.4. The minimum atomic E-state index is -0.514. The molecule has 0 saturated carbocycles. The Morgan fingerprint density at radius 3 is 2.32 bits per heavy atom. The Balaban J connectivity index is 1.66. The van der Waals surface area contributed by atoms with Gasteiger partial charge in [-0.05, 0) is 75.6 Å². The van der Waals surface area contributed by atoms with Crippen LogP contribution >= 0.6 is 0 Å². The molecule has 0 atom stereocenters. The van der Waals surface area contributed by atoms with Gasteiger partial charge in [-0.25, -0.2) is 9.18 Å². The third-order valence-corrected chi connectivity index (χ3v) is 5.49. The molecule has 2 fully saturated rings. The lowest BCUT2D eigenvalue weighted by Crippen LogP contribution is -2.41. The second kappa shape index (κ2) is 8.50. The van der Waals surface area contributed by atoms with Crippen molar-refractivity contribution in [3.05, 3.63) is 35.1 Å². The molecule has 2 aliphatic heterocycles. The van der Waals surface area contributed by atoms with Crippen LogP contribution in [0.5, 0.6) is 0 Å². The van der Waals surface area contributed by atoms with Crippen molar-refractivity contribution in [2.75, 3.05) is 26.2 Å². The maximum atomic E-state index is 14.0. The van der Waals surface area contributed by atoms with E-state index in [1.54, 1.807) is 17.0 Å². The summed E-state index contributed by atoms with van der Waals surface area (Å²) in [5, 5.41) is 0. The monoisotopic (exact) mass is 390 g/mol. The number of carbonyl (C=O) groups excluding carboxylic acids is 2. The molecule has 2 saturated heterocycles. The van der Waals surface area contributed by atoms with Crippen LogP contribution in [-0.2, 0) is 16.0 Å². The summed E-state index contributed by atoms with van der Waals surface area (Å²) in [6.07, 6.45) is 3.63. The molecule has 0 radical (unpaired) electrons. The third-order valence-electron chi connectivity index (χ3n) is 5.49. The van der Waals surface area contributed by atoms with Crippen LogP contribution in [0.4, 0.5) is 9.18 Å². The topological polar surface area (TPSA) is 49.9 Å². The zero-order chi connectivity index (χ0) is 20.3. The van der Waals surface area contributed by atoms with E-state index in [0.29, 0.717) is 19.5 Å². The number of carbonyl (C=O) groups is 2. The van der Waals surface area contributed by atoms with Crippen molar-refractivity contribution in [2.45, 2.75) is 64.4 Å². The van der Waals surface area contributed by atoms with Crippen LogP contribution < -0.4 is 0 Å². The Hall–Kier alpha value is -2.11. The van der Waals surface area contributed by atoms with E-state index in [1.165, 1.54) is 6.07 Å². The Labute approximate surface area is 166 Å². The number of ether oxygens (including phenoxy) is 1. The highest BCUT2D eigenvalue weighted by Crippen LogP contribution is 2.32. The fraction of sp³-hybridized carbons (Fsp3) is 0.636. The van der Waals surface area contributed by atoms with Crippen molar-refractivity contribution in [1.82, 2.24) is 9.80 Å². The number of amides is 2. The second-order valence-electron chi connectivity index (χ2n) is 8.85. The minimum absolute atomic E-state index is 0.122. The molecular formula is C22H31FN2O3. The van der Waals surface area contributed by atoms with Crippen LogP contribution in [0.3, 0.4) is 0 Å². The number of hydrogen-bond acceptors (Lipinski definition) is 3. The average Bonchev–Trinajstić information content (AvgIpc) is 3.17. The molecule has 0 bridgehead atoms. The highest BCUT2D eigenvalue weighted by atomic mass is 19.1. The zero-order valence-corrected chi connectivity index (χ0v) is 17.2. The highest BCUT2D eigenvalue weighted by Gasteiger charge is 2.29. The highest BCUT2D eigenvalue weighted by molar-refractivity contribution is 5.79. The molecule has 0 aromatic heterocycles. The molecule has 1 aromatic rings. The molecule has 2 amide bonds. The van der Waals surface area contributed by atoms with Crippen molar-refractivity contribution < 1.29 is 18.7 Å². The maximum Gasteiger partial charge on any atom is 0.410 e. The molecule has 1 aromatic carbocycles. The summed E-state index contributed by atoms with van der Waals surface area (Å²) >= 11 is 0. The van der Waals surface area contributed by atoms with Crippen molar-refractivity contribution in [1.29, 1.82) is 0 Å². The zero-order valence-electron chi connectivity index (χ0n) is 17.2. The molecule has 0 unspecified atom stereocenters. The fourth-order valence-corrected chi connectivity index (χ4v) is 4.05. The molecule has 28 heavy (non-hydrogen) atoms. The van der Waals surface area contributed by atoms with Gasteiger partial charge in [0.2, 0.25) is 5.91 Å². The Morgan fingerprint density at radius 1 is 1.07 bits per heavy atom. The van der Waals surface area contributed by atoms with Gasteiger partial charge in [-0.2, -0.15) is 0 Å².